The average molecular weight is 339 g/mol. The number of benzene rings is 1. The Morgan fingerprint density at radius 1 is 1.36 bits per heavy atom. The van der Waals surface area contributed by atoms with Crippen molar-refractivity contribution >= 4 is 24.0 Å². The van der Waals surface area contributed by atoms with E-state index in [0.717, 1.165) is 25.3 Å². The van der Waals surface area contributed by atoms with Crippen LogP contribution in [0.25, 0.3) is 0 Å². The fraction of sp³-hybridized carbons (Fsp3) is 0.500. The van der Waals surface area contributed by atoms with E-state index in [1.54, 1.807) is 0 Å². The van der Waals surface area contributed by atoms with Crippen LogP contribution < -0.4 is 15.8 Å². The van der Waals surface area contributed by atoms with E-state index < -0.39 is 6.36 Å². The quantitative estimate of drug-likeness (QED) is 0.883. The first-order valence-corrected chi connectivity index (χ1v) is 6.75. The van der Waals surface area contributed by atoms with Crippen molar-refractivity contribution < 1.29 is 22.7 Å². The molecule has 1 aliphatic rings. The normalized spacial score (nSPS) is 21.1. The summed E-state index contributed by atoms with van der Waals surface area (Å²) in [7, 11) is 0. The van der Waals surface area contributed by atoms with Crippen LogP contribution in [0.2, 0.25) is 0 Å². The summed E-state index contributed by atoms with van der Waals surface area (Å²) in [6.45, 7) is 0. The van der Waals surface area contributed by atoms with Gasteiger partial charge in [-0.25, -0.2) is 0 Å². The number of hydrogen-bond donors (Lipinski definition) is 2. The van der Waals surface area contributed by atoms with Crippen LogP contribution in [-0.4, -0.2) is 18.3 Å². The Kier molecular flexibility index (Phi) is 6.49. The van der Waals surface area contributed by atoms with Gasteiger partial charge in [-0.1, -0.05) is 12.5 Å². The molecule has 8 heteroatoms. The predicted molar refractivity (Wildman–Crippen MR) is 78.9 cm³/mol. The molecule has 1 fully saturated rings. The molecule has 0 aliphatic heterocycles. The minimum Gasteiger partial charge on any atom is -0.406 e. The number of amides is 1. The van der Waals surface area contributed by atoms with Crippen molar-refractivity contribution in [2.24, 2.45) is 11.7 Å². The first-order valence-electron chi connectivity index (χ1n) is 6.75. The third-order valence-corrected chi connectivity index (χ3v) is 3.52. The number of ether oxygens (including phenoxy) is 1. The van der Waals surface area contributed by atoms with Crippen LogP contribution in [0.1, 0.15) is 25.7 Å². The molecule has 0 bridgehead atoms. The fourth-order valence-corrected chi connectivity index (χ4v) is 2.54. The van der Waals surface area contributed by atoms with Gasteiger partial charge in [-0.15, -0.1) is 25.6 Å². The Labute approximate surface area is 132 Å². The molecule has 1 saturated carbocycles. The Morgan fingerprint density at radius 3 is 2.68 bits per heavy atom. The summed E-state index contributed by atoms with van der Waals surface area (Å²) in [5, 5.41) is 2.57. The monoisotopic (exact) mass is 338 g/mol. The summed E-state index contributed by atoms with van der Waals surface area (Å²) in [6.07, 6.45) is -1.64. The summed E-state index contributed by atoms with van der Waals surface area (Å²) in [6, 6.07) is 5.24. The lowest BCUT2D eigenvalue weighted by molar-refractivity contribution is -0.274. The highest BCUT2D eigenvalue weighted by Crippen LogP contribution is 2.28. The van der Waals surface area contributed by atoms with Gasteiger partial charge >= 0.3 is 6.36 Å². The second kappa shape index (κ2) is 7.69. The van der Waals surface area contributed by atoms with E-state index in [9.17, 15) is 18.0 Å². The Balaban J connectivity index is 0.00000242. The van der Waals surface area contributed by atoms with Crippen LogP contribution >= 0.6 is 12.4 Å². The van der Waals surface area contributed by atoms with Crippen molar-refractivity contribution in [1.82, 2.24) is 0 Å². The van der Waals surface area contributed by atoms with Crippen LogP contribution in [0.5, 0.6) is 5.75 Å². The van der Waals surface area contributed by atoms with Gasteiger partial charge < -0.3 is 15.8 Å². The van der Waals surface area contributed by atoms with Crippen LogP contribution in [0.15, 0.2) is 24.3 Å². The number of carbonyl (C=O) groups is 1. The van der Waals surface area contributed by atoms with Gasteiger partial charge in [-0.2, -0.15) is 0 Å². The molecule has 1 aromatic carbocycles. The Morgan fingerprint density at radius 2 is 2.09 bits per heavy atom. The fourth-order valence-electron chi connectivity index (χ4n) is 2.54. The lowest BCUT2D eigenvalue weighted by Crippen LogP contribution is -2.28. The number of nitrogens with one attached hydrogen (secondary N) is 1. The van der Waals surface area contributed by atoms with Gasteiger partial charge in [0.2, 0.25) is 5.91 Å². The maximum absolute atomic E-state index is 12.1. The van der Waals surface area contributed by atoms with E-state index >= 15 is 0 Å². The van der Waals surface area contributed by atoms with E-state index in [0.29, 0.717) is 0 Å². The van der Waals surface area contributed by atoms with Crippen molar-refractivity contribution in [3.05, 3.63) is 24.3 Å². The third kappa shape index (κ3) is 5.73. The summed E-state index contributed by atoms with van der Waals surface area (Å²) in [5.41, 5.74) is 6.16. The highest BCUT2D eigenvalue weighted by atomic mass is 35.5. The Hall–Kier alpha value is -1.47. The molecule has 0 radical (unpaired) electrons. The molecule has 2 rings (SSSR count). The summed E-state index contributed by atoms with van der Waals surface area (Å²) in [5.74, 6) is -0.473. The van der Waals surface area contributed by atoms with Crippen molar-refractivity contribution in [2.45, 2.75) is 38.1 Å². The molecule has 2 atom stereocenters. The van der Waals surface area contributed by atoms with Crippen LogP contribution in [0.4, 0.5) is 18.9 Å². The van der Waals surface area contributed by atoms with E-state index in [1.807, 2.05) is 0 Å². The molecule has 1 amide bonds. The standard InChI is InChI=1S/C14H17F3N2O2.ClH/c15-14(16,17)21-11-5-2-4-10(8-11)19-13(20)7-9-3-1-6-12(9)18;/h2,4-5,8-9,12H,1,3,6-7,18H2,(H,19,20);1H/t9-,12+;/m0./s1. The number of carbonyl (C=O) groups excluding carboxylic acids is 1. The highest BCUT2D eigenvalue weighted by molar-refractivity contribution is 5.91. The number of alkyl halides is 3. The second-order valence-corrected chi connectivity index (χ2v) is 5.18. The SMILES string of the molecule is Cl.N[C@@H]1CCC[C@H]1CC(=O)Nc1cccc(OC(F)(F)F)c1. The molecule has 22 heavy (non-hydrogen) atoms. The maximum Gasteiger partial charge on any atom is 0.573 e. The highest BCUT2D eigenvalue weighted by Gasteiger charge is 2.31. The molecule has 4 nitrogen and oxygen atoms in total. The molecule has 3 N–H and O–H groups in total. The number of halogens is 4. The van der Waals surface area contributed by atoms with Gasteiger partial charge in [0.1, 0.15) is 5.75 Å². The van der Waals surface area contributed by atoms with Crippen molar-refractivity contribution in [3.63, 3.8) is 0 Å². The predicted octanol–water partition coefficient (Wildman–Crippen LogP) is 3.46. The van der Waals surface area contributed by atoms with E-state index in [-0.39, 0.29) is 48.1 Å². The number of rotatable bonds is 4. The molecule has 1 aromatic rings. The first-order chi connectivity index (χ1) is 9.83. The van der Waals surface area contributed by atoms with Gasteiger partial charge in [0, 0.05) is 24.2 Å². The van der Waals surface area contributed by atoms with Crippen molar-refractivity contribution in [2.75, 3.05) is 5.32 Å². The smallest absolute Gasteiger partial charge is 0.406 e. The van der Waals surface area contributed by atoms with Crippen LogP contribution in [0.3, 0.4) is 0 Å². The largest absolute Gasteiger partial charge is 0.573 e. The second-order valence-electron chi connectivity index (χ2n) is 5.18. The zero-order chi connectivity index (χ0) is 15.5. The van der Waals surface area contributed by atoms with Crippen molar-refractivity contribution in [3.8, 4) is 5.75 Å². The van der Waals surface area contributed by atoms with Gasteiger partial charge in [0.15, 0.2) is 0 Å². The lowest BCUT2D eigenvalue weighted by Gasteiger charge is -2.15. The van der Waals surface area contributed by atoms with Crippen molar-refractivity contribution in [1.29, 1.82) is 0 Å². The molecular weight excluding hydrogens is 321 g/mol. The summed E-state index contributed by atoms with van der Waals surface area (Å²) in [4.78, 5) is 11.9. The molecule has 0 heterocycles. The molecule has 0 unspecified atom stereocenters. The van der Waals surface area contributed by atoms with Gasteiger partial charge in [0.05, 0.1) is 0 Å². The molecule has 0 saturated heterocycles. The number of anilines is 1. The first kappa shape index (κ1) is 18.6. The molecule has 0 spiro atoms. The molecule has 124 valence electrons. The lowest BCUT2D eigenvalue weighted by atomic mass is 10.00. The maximum atomic E-state index is 12.1. The molecule has 1 aliphatic carbocycles. The molecule has 0 aromatic heterocycles. The van der Waals surface area contributed by atoms with E-state index in [1.165, 1.54) is 18.2 Å². The number of hydrogen-bond acceptors (Lipinski definition) is 3. The Bertz CT molecular complexity index is 511. The minimum absolute atomic E-state index is 0. The summed E-state index contributed by atoms with van der Waals surface area (Å²) >= 11 is 0. The van der Waals surface area contributed by atoms with Gasteiger partial charge in [0.25, 0.3) is 0 Å². The average Bonchev–Trinajstić information content (AvgIpc) is 2.73. The number of nitrogens with two attached hydrogens (primary N) is 1. The minimum atomic E-state index is -4.75. The third-order valence-electron chi connectivity index (χ3n) is 3.52. The van der Waals surface area contributed by atoms with Crippen LogP contribution in [-0.2, 0) is 4.79 Å². The van der Waals surface area contributed by atoms with Gasteiger partial charge in [-0.3, -0.25) is 4.79 Å². The topological polar surface area (TPSA) is 64.4 Å². The van der Waals surface area contributed by atoms with E-state index in [4.69, 9.17) is 5.73 Å². The zero-order valence-electron chi connectivity index (χ0n) is 11.7. The van der Waals surface area contributed by atoms with E-state index in [2.05, 4.69) is 10.1 Å². The molecular formula is C14H18ClF3N2O2. The van der Waals surface area contributed by atoms with Gasteiger partial charge in [-0.05, 0) is 30.9 Å². The summed E-state index contributed by atoms with van der Waals surface area (Å²) < 4.78 is 40.2. The zero-order valence-corrected chi connectivity index (χ0v) is 12.5. The van der Waals surface area contributed by atoms with Crippen LogP contribution in [0, 0.1) is 5.92 Å².